The van der Waals surface area contributed by atoms with Gasteiger partial charge in [0.25, 0.3) is 0 Å². The Labute approximate surface area is 133 Å². The predicted octanol–water partition coefficient (Wildman–Crippen LogP) is 4.16. The number of carboxylic acid groups (broad SMARTS) is 1. The van der Waals surface area contributed by atoms with Crippen LogP contribution in [-0.2, 0) is 11.2 Å². The topological polar surface area (TPSA) is 63.3 Å². The molecule has 0 spiro atoms. The summed E-state index contributed by atoms with van der Waals surface area (Å²) >= 11 is 0. The molecule has 0 atom stereocenters. The van der Waals surface area contributed by atoms with Crippen LogP contribution in [-0.4, -0.2) is 11.1 Å². The molecule has 3 nitrogen and oxygen atoms in total. The summed E-state index contributed by atoms with van der Waals surface area (Å²) in [6, 6.07) is 13.7. The van der Waals surface area contributed by atoms with Gasteiger partial charge < -0.3 is 10.8 Å². The van der Waals surface area contributed by atoms with Crippen LogP contribution in [0.5, 0.6) is 0 Å². The SMILES string of the molecule is Cc1c(CC(=O)O)cc2ccc(F)cc2c1-c1ccc(N)cc1. The monoisotopic (exact) mass is 309 g/mol. The van der Waals surface area contributed by atoms with Gasteiger partial charge in [-0.3, -0.25) is 4.79 Å². The van der Waals surface area contributed by atoms with Crippen LogP contribution in [0, 0.1) is 12.7 Å². The number of hydrogen-bond acceptors (Lipinski definition) is 2. The van der Waals surface area contributed by atoms with Crippen molar-refractivity contribution >= 4 is 22.4 Å². The fourth-order valence-corrected chi connectivity index (χ4v) is 2.90. The molecular formula is C19H16FNO2. The van der Waals surface area contributed by atoms with Gasteiger partial charge in [0, 0.05) is 5.69 Å². The number of halogens is 1. The molecule has 0 saturated carbocycles. The molecule has 0 amide bonds. The van der Waals surface area contributed by atoms with Gasteiger partial charge in [0.2, 0.25) is 0 Å². The van der Waals surface area contributed by atoms with Crippen molar-refractivity contribution < 1.29 is 14.3 Å². The van der Waals surface area contributed by atoms with E-state index < -0.39 is 5.97 Å². The highest BCUT2D eigenvalue weighted by Crippen LogP contribution is 2.35. The van der Waals surface area contributed by atoms with E-state index >= 15 is 0 Å². The number of anilines is 1. The summed E-state index contributed by atoms with van der Waals surface area (Å²) in [6.45, 7) is 1.87. The van der Waals surface area contributed by atoms with Crippen molar-refractivity contribution in [1.82, 2.24) is 0 Å². The first-order chi connectivity index (χ1) is 11.0. The summed E-state index contributed by atoms with van der Waals surface area (Å²) in [7, 11) is 0. The second kappa shape index (κ2) is 5.72. The third-order valence-electron chi connectivity index (χ3n) is 4.01. The molecule has 3 aromatic rings. The zero-order valence-electron chi connectivity index (χ0n) is 12.6. The highest BCUT2D eigenvalue weighted by atomic mass is 19.1. The van der Waals surface area contributed by atoms with Gasteiger partial charge in [0.1, 0.15) is 5.82 Å². The zero-order chi connectivity index (χ0) is 16.6. The quantitative estimate of drug-likeness (QED) is 0.714. The molecular weight excluding hydrogens is 293 g/mol. The van der Waals surface area contributed by atoms with Gasteiger partial charge in [-0.1, -0.05) is 24.3 Å². The van der Waals surface area contributed by atoms with Gasteiger partial charge in [-0.15, -0.1) is 0 Å². The molecule has 0 aliphatic heterocycles. The molecule has 0 bridgehead atoms. The first-order valence-electron chi connectivity index (χ1n) is 7.25. The summed E-state index contributed by atoms with van der Waals surface area (Å²) in [6.07, 6.45) is -0.0683. The van der Waals surface area contributed by atoms with E-state index in [1.165, 1.54) is 12.1 Å². The lowest BCUT2D eigenvalue weighted by Crippen LogP contribution is -2.03. The van der Waals surface area contributed by atoms with Crippen LogP contribution >= 0.6 is 0 Å². The molecule has 3 N–H and O–H groups in total. The van der Waals surface area contributed by atoms with E-state index in [0.717, 1.165) is 33.0 Å². The van der Waals surface area contributed by atoms with E-state index in [4.69, 9.17) is 10.8 Å². The molecule has 3 rings (SSSR count). The van der Waals surface area contributed by atoms with Gasteiger partial charge in [-0.2, -0.15) is 0 Å². The molecule has 4 heteroatoms. The van der Waals surface area contributed by atoms with Crippen LogP contribution in [0.3, 0.4) is 0 Å². The summed E-state index contributed by atoms with van der Waals surface area (Å²) in [5, 5.41) is 10.7. The molecule has 0 heterocycles. The Morgan fingerprint density at radius 1 is 1.13 bits per heavy atom. The fourth-order valence-electron chi connectivity index (χ4n) is 2.90. The molecule has 116 valence electrons. The lowest BCUT2D eigenvalue weighted by atomic mass is 9.89. The second-order valence-electron chi connectivity index (χ2n) is 5.59. The van der Waals surface area contributed by atoms with Crippen molar-refractivity contribution in [2.24, 2.45) is 0 Å². The van der Waals surface area contributed by atoms with Gasteiger partial charge in [-0.05, 0) is 64.2 Å². The molecule has 0 aliphatic rings. The van der Waals surface area contributed by atoms with E-state index in [9.17, 15) is 9.18 Å². The number of fused-ring (bicyclic) bond motifs is 1. The van der Waals surface area contributed by atoms with Crippen LogP contribution in [0.4, 0.5) is 10.1 Å². The van der Waals surface area contributed by atoms with Gasteiger partial charge in [0.05, 0.1) is 6.42 Å². The zero-order valence-corrected chi connectivity index (χ0v) is 12.6. The van der Waals surface area contributed by atoms with E-state index in [1.54, 1.807) is 18.2 Å². The van der Waals surface area contributed by atoms with Crippen LogP contribution < -0.4 is 5.73 Å². The lowest BCUT2D eigenvalue weighted by Gasteiger charge is -2.15. The number of nitrogens with two attached hydrogens (primary N) is 1. The number of rotatable bonds is 3. The molecule has 0 fully saturated rings. The smallest absolute Gasteiger partial charge is 0.307 e. The van der Waals surface area contributed by atoms with E-state index in [2.05, 4.69) is 0 Å². The standard InChI is InChI=1S/C19H16FNO2/c1-11-14(9-18(22)23)8-13-2-5-15(20)10-17(13)19(11)12-3-6-16(21)7-4-12/h2-8,10H,9,21H2,1H3,(H,22,23). The lowest BCUT2D eigenvalue weighted by molar-refractivity contribution is -0.136. The van der Waals surface area contributed by atoms with Crippen LogP contribution in [0.25, 0.3) is 21.9 Å². The Morgan fingerprint density at radius 2 is 1.83 bits per heavy atom. The first kappa shape index (κ1) is 15.0. The predicted molar refractivity (Wildman–Crippen MR) is 89.8 cm³/mol. The minimum absolute atomic E-state index is 0.0683. The van der Waals surface area contributed by atoms with Crippen molar-refractivity contribution in [3.8, 4) is 11.1 Å². The number of nitrogen functional groups attached to an aromatic ring is 1. The van der Waals surface area contributed by atoms with Crippen molar-refractivity contribution in [3.63, 3.8) is 0 Å². The Morgan fingerprint density at radius 3 is 2.48 bits per heavy atom. The Balaban J connectivity index is 2.35. The first-order valence-corrected chi connectivity index (χ1v) is 7.25. The van der Waals surface area contributed by atoms with E-state index in [0.29, 0.717) is 5.69 Å². The summed E-state index contributed by atoms with van der Waals surface area (Å²) in [5.41, 5.74) is 9.68. The van der Waals surface area contributed by atoms with E-state index in [1.807, 2.05) is 25.1 Å². The highest BCUT2D eigenvalue weighted by molar-refractivity contribution is 5.99. The fraction of sp³-hybridized carbons (Fsp3) is 0.105. The Kier molecular flexibility index (Phi) is 3.74. The van der Waals surface area contributed by atoms with Crippen molar-refractivity contribution in [2.75, 3.05) is 5.73 Å². The second-order valence-corrected chi connectivity index (χ2v) is 5.59. The van der Waals surface area contributed by atoms with Crippen LogP contribution in [0.2, 0.25) is 0 Å². The van der Waals surface area contributed by atoms with Crippen LogP contribution in [0.15, 0.2) is 48.5 Å². The average molecular weight is 309 g/mol. The number of hydrogen-bond donors (Lipinski definition) is 2. The van der Waals surface area contributed by atoms with Crippen molar-refractivity contribution in [2.45, 2.75) is 13.3 Å². The third kappa shape index (κ3) is 2.88. The largest absolute Gasteiger partial charge is 0.481 e. The maximum Gasteiger partial charge on any atom is 0.307 e. The summed E-state index contributed by atoms with van der Waals surface area (Å²) < 4.78 is 13.7. The average Bonchev–Trinajstić information content (AvgIpc) is 2.49. The third-order valence-corrected chi connectivity index (χ3v) is 4.01. The minimum Gasteiger partial charge on any atom is -0.481 e. The molecule has 0 unspecified atom stereocenters. The number of carboxylic acids is 1. The molecule has 3 aromatic carbocycles. The Hall–Kier alpha value is -2.88. The maximum absolute atomic E-state index is 13.7. The number of carbonyl (C=O) groups is 1. The van der Waals surface area contributed by atoms with Crippen LogP contribution in [0.1, 0.15) is 11.1 Å². The molecule has 0 saturated heterocycles. The van der Waals surface area contributed by atoms with Gasteiger partial charge >= 0.3 is 5.97 Å². The number of aliphatic carboxylic acids is 1. The molecule has 0 aliphatic carbocycles. The summed E-state index contributed by atoms with van der Waals surface area (Å²) in [5.74, 6) is -1.21. The minimum atomic E-state index is -0.891. The highest BCUT2D eigenvalue weighted by Gasteiger charge is 2.14. The maximum atomic E-state index is 13.7. The molecule has 23 heavy (non-hydrogen) atoms. The normalized spacial score (nSPS) is 10.9. The van der Waals surface area contributed by atoms with Gasteiger partial charge in [-0.25, -0.2) is 4.39 Å². The van der Waals surface area contributed by atoms with E-state index in [-0.39, 0.29) is 12.2 Å². The molecule has 0 aromatic heterocycles. The molecule has 0 radical (unpaired) electrons. The Bertz CT molecular complexity index is 901. The van der Waals surface area contributed by atoms with Crippen molar-refractivity contribution in [1.29, 1.82) is 0 Å². The van der Waals surface area contributed by atoms with Crippen molar-refractivity contribution in [3.05, 3.63) is 65.5 Å². The number of benzene rings is 3. The summed E-state index contributed by atoms with van der Waals surface area (Å²) in [4.78, 5) is 11.1. The van der Waals surface area contributed by atoms with Gasteiger partial charge in [0.15, 0.2) is 0 Å².